The maximum absolute atomic E-state index is 12.0. The molecule has 1 heterocycles. The number of benzene rings is 1. The van der Waals surface area contributed by atoms with Crippen LogP contribution in [0.25, 0.3) is 0 Å². The Kier molecular flexibility index (Phi) is 5.12. The summed E-state index contributed by atoms with van der Waals surface area (Å²) in [5.74, 6) is -0.0135. The molecule has 2 rings (SSSR count). The topological polar surface area (TPSA) is 61.4 Å². The van der Waals surface area contributed by atoms with Crippen LogP contribution in [-0.4, -0.2) is 48.9 Å². The van der Waals surface area contributed by atoms with Gasteiger partial charge in [-0.3, -0.25) is 9.59 Å². The first-order valence-corrected chi connectivity index (χ1v) is 6.97. The minimum atomic E-state index is -0.302. The molecule has 1 fully saturated rings. The molecule has 0 aliphatic carbocycles. The van der Waals surface area contributed by atoms with Gasteiger partial charge in [0.15, 0.2) is 0 Å². The first-order chi connectivity index (χ1) is 9.66. The van der Waals surface area contributed by atoms with E-state index in [0.717, 1.165) is 6.42 Å². The van der Waals surface area contributed by atoms with Crippen molar-refractivity contribution in [1.82, 2.24) is 15.5 Å². The van der Waals surface area contributed by atoms with E-state index in [0.29, 0.717) is 26.2 Å². The van der Waals surface area contributed by atoms with Crippen molar-refractivity contribution in [3.8, 4) is 0 Å². The number of nitrogens with zero attached hydrogens (tertiary/aromatic N) is 1. The minimum absolute atomic E-state index is 0.0218. The Bertz CT molecular complexity index is 461. The SMILES string of the molecule is CC(=O)N1CCNC(C(=O)NCCc2ccccc2)C1. The zero-order valence-corrected chi connectivity index (χ0v) is 11.8. The summed E-state index contributed by atoms with van der Waals surface area (Å²) in [6.07, 6.45) is 0.815. The van der Waals surface area contributed by atoms with E-state index in [9.17, 15) is 9.59 Å². The van der Waals surface area contributed by atoms with Crippen LogP contribution in [0.2, 0.25) is 0 Å². The maximum Gasteiger partial charge on any atom is 0.238 e. The van der Waals surface area contributed by atoms with Crippen LogP contribution >= 0.6 is 0 Å². The van der Waals surface area contributed by atoms with Gasteiger partial charge in [-0.1, -0.05) is 30.3 Å². The van der Waals surface area contributed by atoms with Crippen LogP contribution in [0.1, 0.15) is 12.5 Å². The lowest BCUT2D eigenvalue weighted by molar-refractivity contribution is -0.132. The number of hydrogen-bond acceptors (Lipinski definition) is 3. The van der Waals surface area contributed by atoms with Gasteiger partial charge in [0.25, 0.3) is 0 Å². The van der Waals surface area contributed by atoms with Crippen molar-refractivity contribution in [2.24, 2.45) is 0 Å². The molecule has 1 saturated heterocycles. The molecule has 1 aromatic carbocycles. The lowest BCUT2D eigenvalue weighted by Crippen LogP contribution is -2.58. The molecule has 0 radical (unpaired) electrons. The Morgan fingerprint density at radius 2 is 2.10 bits per heavy atom. The third-order valence-corrected chi connectivity index (χ3v) is 3.49. The molecule has 1 aliphatic rings. The van der Waals surface area contributed by atoms with Gasteiger partial charge >= 0.3 is 0 Å². The van der Waals surface area contributed by atoms with Crippen LogP contribution in [0, 0.1) is 0 Å². The van der Waals surface area contributed by atoms with Crippen molar-refractivity contribution in [1.29, 1.82) is 0 Å². The molecule has 2 amide bonds. The number of carbonyl (C=O) groups is 2. The molecule has 0 saturated carbocycles. The van der Waals surface area contributed by atoms with Gasteiger partial charge in [-0.15, -0.1) is 0 Å². The van der Waals surface area contributed by atoms with Crippen LogP contribution in [0.15, 0.2) is 30.3 Å². The largest absolute Gasteiger partial charge is 0.354 e. The van der Waals surface area contributed by atoms with E-state index in [4.69, 9.17) is 0 Å². The summed E-state index contributed by atoms with van der Waals surface area (Å²) in [6, 6.07) is 9.74. The van der Waals surface area contributed by atoms with Gasteiger partial charge < -0.3 is 15.5 Å². The fourth-order valence-corrected chi connectivity index (χ4v) is 2.31. The molecule has 0 aromatic heterocycles. The Morgan fingerprint density at radius 3 is 2.80 bits per heavy atom. The van der Waals surface area contributed by atoms with Crippen molar-refractivity contribution in [2.45, 2.75) is 19.4 Å². The summed E-state index contributed by atoms with van der Waals surface area (Å²) in [5, 5.41) is 6.07. The third-order valence-electron chi connectivity index (χ3n) is 3.49. The van der Waals surface area contributed by atoms with Crippen molar-refractivity contribution in [2.75, 3.05) is 26.2 Å². The highest BCUT2D eigenvalue weighted by atomic mass is 16.2. The Labute approximate surface area is 119 Å². The first kappa shape index (κ1) is 14.5. The smallest absolute Gasteiger partial charge is 0.238 e. The molecule has 2 N–H and O–H groups in total. The Balaban J connectivity index is 1.75. The first-order valence-electron chi connectivity index (χ1n) is 6.97. The molecule has 1 aromatic rings. The molecular formula is C15H21N3O2. The van der Waals surface area contributed by atoms with Gasteiger partial charge in [0.2, 0.25) is 11.8 Å². The average Bonchev–Trinajstić information content (AvgIpc) is 2.48. The van der Waals surface area contributed by atoms with Crippen molar-refractivity contribution >= 4 is 11.8 Å². The zero-order chi connectivity index (χ0) is 14.4. The fourth-order valence-electron chi connectivity index (χ4n) is 2.31. The molecule has 0 bridgehead atoms. The molecule has 1 unspecified atom stereocenters. The highest BCUT2D eigenvalue weighted by molar-refractivity contribution is 5.83. The maximum atomic E-state index is 12.0. The molecule has 108 valence electrons. The fraction of sp³-hybridized carbons (Fsp3) is 0.467. The summed E-state index contributed by atoms with van der Waals surface area (Å²) >= 11 is 0. The van der Waals surface area contributed by atoms with Crippen LogP contribution in [0.3, 0.4) is 0 Å². The third kappa shape index (κ3) is 4.06. The van der Waals surface area contributed by atoms with E-state index in [1.165, 1.54) is 12.5 Å². The van der Waals surface area contributed by atoms with Crippen molar-refractivity contribution in [3.05, 3.63) is 35.9 Å². The molecule has 20 heavy (non-hydrogen) atoms. The standard InChI is InChI=1S/C15H21N3O2/c1-12(19)18-10-9-16-14(11-18)15(20)17-8-7-13-5-3-2-4-6-13/h2-6,14,16H,7-11H2,1H3,(H,17,20). The van der Waals surface area contributed by atoms with Crippen LogP contribution in [0.4, 0.5) is 0 Å². The summed E-state index contributed by atoms with van der Waals surface area (Å²) < 4.78 is 0. The molecule has 5 nitrogen and oxygen atoms in total. The van der Waals surface area contributed by atoms with Crippen LogP contribution in [-0.2, 0) is 16.0 Å². The van der Waals surface area contributed by atoms with E-state index in [-0.39, 0.29) is 17.9 Å². The number of hydrogen-bond donors (Lipinski definition) is 2. The van der Waals surface area contributed by atoms with Gasteiger partial charge in [-0.25, -0.2) is 0 Å². The second-order valence-electron chi connectivity index (χ2n) is 5.00. The lowest BCUT2D eigenvalue weighted by atomic mass is 10.1. The molecule has 1 aliphatic heterocycles. The highest BCUT2D eigenvalue weighted by Crippen LogP contribution is 2.01. The lowest BCUT2D eigenvalue weighted by Gasteiger charge is -2.32. The van der Waals surface area contributed by atoms with Crippen LogP contribution < -0.4 is 10.6 Å². The van der Waals surface area contributed by atoms with Gasteiger partial charge in [-0.05, 0) is 12.0 Å². The quantitative estimate of drug-likeness (QED) is 0.823. The van der Waals surface area contributed by atoms with E-state index in [1.807, 2.05) is 30.3 Å². The number of amides is 2. The summed E-state index contributed by atoms with van der Waals surface area (Å²) in [7, 11) is 0. The number of nitrogens with one attached hydrogen (secondary N) is 2. The second kappa shape index (κ2) is 7.05. The number of piperazine rings is 1. The molecule has 5 heteroatoms. The second-order valence-corrected chi connectivity index (χ2v) is 5.00. The van der Waals surface area contributed by atoms with Crippen molar-refractivity contribution in [3.63, 3.8) is 0 Å². The van der Waals surface area contributed by atoms with Gasteiger partial charge in [0.1, 0.15) is 6.04 Å². The van der Waals surface area contributed by atoms with E-state index < -0.39 is 0 Å². The summed E-state index contributed by atoms with van der Waals surface area (Å²) in [4.78, 5) is 25.1. The monoisotopic (exact) mass is 275 g/mol. The summed E-state index contributed by atoms with van der Waals surface area (Å²) in [5.41, 5.74) is 1.20. The summed E-state index contributed by atoms with van der Waals surface area (Å²) in [6.45, 7) is 3.93. The van der Waals surface area contributed by atoms with Crippen molar-refractivity contribution < 1.29 is 9.59 Å². The van der Waals surface area contributed by atoms with E-state index in [1.54, 1.807) is 4.90 Å². The van der Waals surface area contributed by atoms with Gasteiger partial charge in [-0.2, -0.15) is 0 Å². The normalized spacial score (nSPS) is 18.6. The highest BCUT2D eigenvalue weighted by Gasteiger charge is 2.26. The predicted molar refractivity (Wildman–Crippen MR) is 77.2 cm³/mol. The van der Waals surface area contributed by atoms with E-state index >= 15 is 0 Å². The Morgan fingerprint density at radius 1 is 1.35 bits per heavy atom. The molecular weight excluding hydrogens is 254 g/mol. The van der Waals surface area contributed by atoms with Gasteiger partial charge in [0, 0.05) is 33.1 Å². The zero-order valence-electron chi connectivity index (χ0n) is 11.8. The molecule has 1 atom stereocenters. The Hall–Kier alpha value is -1.88. The van der Waals surface area contributed by atoms with E-state index in [2.05, 4.69) is 10.6 Å². The minimum Gasteiger partial charge on any atom is -0.354 e. The van der Waals surface area contributed by atoms with Crippen LogP contribution in [0.5, 0.6) is 0 Å². The number of rotatable bonds is 4. The number of carbonyl (C=O) groups excluding carboxylic acids is 2. The van der Waals surface area contributed by atoms with Gasteiger partial charge in [0.05, 0.1) is 0 Å². The average molecular weight is 275 g/mol. The molecule has 0 spiro atoms. The predicted octanol–water partition coefficient (Wildman–Crippen LogP) is 0.166.